The van der Waals surface area contributed by atoms with E-state index in [1.807, 2.05) is 6.92 Å². The van der Waals surface area contributed by atoms with E-state index in [0.717, 1.165) is 22.7 Å². The van der Waals surface area contributed by atoms with E-state index in [2.05, 4.69) is 23.5 Å². The van der Waals surface area contributed by atoms with Gasteiger partial charge in [-0.1, -0.05) is 42.8 Å². The number of hydrogen-bond donors (Lipinski definition) is 1. The van der Waals surface area contributed by atoms with Crippen molar-refractivity contribution in [3.05, 3.63) is 88.4 Å². The first kappa shape index (κ1) is 26.0. The molecule has 0 saturated heterocycles. The minimum atomic E-state index is -4.05. The summed E-state index contributed by atoms with van der Waals surface area (Å²) in [6.45, 7) is 1.63. The number of fused-ring (bicyclic) bond motifs is 1. The summed E-state index contributed by atoms with van der Waals surface area (Å²) in [4.78, 5) is 13.3. The second kappa shape index (κ2) is 11.4. The van der Waals surface area contributed by atoms with Crippen molar-refractivity contribution in [1.82, 2.24) is 5.32 Å². The molecular formula is C28H31ClN2O4S. The van der Waals surface area contributed by atoms with Crippen LogP contribution in [0.15, 0.2) is 71.6 Å². The molecule has 4 rings (SSSR count). The maximum absolute atomic E-state index is 13.6. The lowest BCUT2D eigenvalue weighted by Crippen LogP contribution is -2.42. The van der Waals surface area contributed by atoms with E-state index in [0.29, 0.717) is 22.9 Å². The van der Waals surface area contributed by atoms with Crippen molar-refractivity contribution in [3.8, 4) is 5.75 Å². The monoisotopic (exact) mass is 526 g/mol. The minimum Gasteiger partial charge on any atom is -0.497 e. The topological polar surface area (TPSA) is 75.7 Å². The zero-order chi connectivity index (χ0) is 25.7. The number of benzene rings is 3. The van der Waals surface area contributed by atoms with Crippen LogP contribution in [-0.4, -0.2) is 28.0 Å². The molecule has 36 heavy (non-hydrogen) atoms. The van der Waals surface area contributed by atoms with Gasteiger partial charge >= 0.3 is 0 Å². The summed E-state index contributed by atoms with van der Waals surface area (Å²) in [6, 6.07) is 18.8. The Kier molecular flexibility index (Phi) is 8.21. The summed E-state index contributed by atoms with van der Waals surface area (Å²) in [5.74, 6) is 0.147. The molecule has 8 heteroatoms. The second-order valence-corrected chi connectivity index (χ2v) is 11.2. The predicted octanol–water partition coefficient (Wildman–Crippen LogP) is 5.69. The maximum Gasteiger partial charge on any atom is 0.264 e. The molecule has 3 aromatic carbocycles. The van der Waals surface area contributed by atoms with Gasteiger partial charge < -0.3 is 10.1 Å². The van der Waals surface area contributed by atoms with Gasteiger partial charge in [-0.25, -0.2) is 8.42 Å². The highest BCUT2D eigenvalue weighted by Gasteiger charge is 2.28. The van der Waals surface area contributed by atoms with Crippen molar-refractivity contribution in [1.29, 1.82) is 0 Å². The summed E-state index contributed by atoms with van der Waals surface area (Å²) in [7, 11) is -2.54. The third-order valence-electron chi connectivity index (χ3n) is 6.55. The number of methoxy groups -OCH3 is 1. The number of rotatable bonds is 9. The quantitative estimate of drug-likeness (QED) is 0.388. The molecule has 1 amide bonds. The number of amides is 1. The number of sulfonamides is 1. The Morgan fingerprint density at radius 3 is 2.42 bits per heavy atom. The molecule has 0 heterocycles. The zero-order valence-corrected chi connectivity index (χ0v) is 22.1. The summed E-state index contributed by atoms with van der Waals surface area (Å²) >= 11 is 6.17. The molecule has 3 aromatic rings. The molecule has 0 aliphatic heterocycles. The third-order valence-corrected chi connectivity index (χ3v) is 8.57. The van der Waals surface area contributed by atoms with Crippen molar-refractivity contribution in [2.75, 3.05) is 18.0 Å². The van der Waals surface area contributed by atoms with Crippen LogP contribution in [0.3, 0.4) is 0 Å². The Morgan fingerprint density at radius 2 is 1.75 bits per heavy atom. The molecule has 190 valence electrons. The van der Waals surface area contributed by atoms with Crippen LogP contribution in [-0.2, 0) is 27.7 Å². The van der Waals surface area contributed by atoms with Gasteiger partial charge in [0.25, 0.3) is 10.0 Å². The van der Waals surface area contributed by atoms with E-state index in [-0.39, 0.29) is 17.5 Å². The van der Waals surface area contributed by atoms with Crippen LogP contribution in [0.25, 0.3) is 0 Å². The first-order valence-electron chi connectivity index (χ1n) is 12.1. The van der Waals surface area contributed by atoms with Crippen molar-refractivity contribution in [3.63, 3.8) is 0 Å². The highest BCUT2D eigenvalue weighted by Crippen LogP contribution is 2.29. The van der Waals surface area contributed by atoms with Crippen LogP contribution >= 0.6 is 11.6 Å². The highest BCUT2D eigenvalue weighted by atomic mass is 35.5. The summed E-state index contributed by atoms with van der Waals surface area (Å²) in [5.41, 5.74) is 4.08. The molecule has 1 atom stereocenters. The summed E-state index contributed by atoms with van der Waals surface area (Å²) < 4.78 is 33.5. The third kappa shape index (κ3) is 5.85. The summed E-state index contributed by atoms with van der Waals surface area (Å²) in [5, 5.41) is 3.43. The number of halogens is 1. The van der Waals surface area contributed by atoms with E-state index in [9.17, 15) is 13.2 Å². The Bertz CT molecular complexity index is 1330. The van der Waals surface area contributed by atoms with Gasteiger partial charge in [0, 0.05) is 5.02 Å². The Balaban J connectivity index is 1.60. The number of hydrogen-bond acceptors (Lipinski definition) is 4. The van der Waals surface area contributed by atoms with Crippen LogP contribution in [0.5, 0.6) is 5.75 Å². The van der Waals surface area contributed by atoms with E-state index < -0.39 is 15.9 Å². The fourth-order valence-electron chi connectivity index (χ4n) is 4.58. The smallest absolute Gasteiger partial charge is 0.264 e. The molecule has 0 radical (unpaired) electrons. The lowest BCUT2D eigenvalue weighted by Gasteiger charge is -2.26. The van der Waals surface area contributed by atoms with Crippen molar-refractivity contribution in [2.45, 2.75) is 50.0 Å². The van der Waals surface area contributed by atoms with Gasteiger partial charge in [-0.05, 0) is 91.3 Å². The fourth-order valence-corrected chi connectivity index (χ4v) is 6.18. The molecule has 0 fully saturated rings. The van der Waals surface area contributed by atoms with Gasteiger partial charge in [-0.3, -0.25) is 9.10 Å². The normalized spacial score (nSPS) is 14.0. The molecular weight excluding hydrogens is 496 g/mol. The van der Waals surface area contributed by atoms with Crippen LogP contribution in [0.4, 0.5) is 5.69 Å². The number of carbonyl (C=O) groups excluding carboxylic acids is 1. The molecule has 0 saturated carbocycles. The van der Waals surface area contributed by atoms with Gasteiger partial charge in [0.05, 0.1) is 23.7 Å². The molecule has 6 nitrogen and oxygen atoms in total. The lowest BCUT2D eigenvalue weighted by molar-refractivity contribution is -0.120. The van der Waals surface area contributed by atoms with Crippen molar-refractivity contribution in [2.24, 2.45) is 0 Å². The number of aryl methyl sites for hydroxylation is 2. The molecule has 1 aliphatic carbocycles. The Hall–Kier alpha value is -3.03. The number of ether oxygens (including phenoxy) is 1. The standard InChI is InChI=1S/C28H31ClN2O4S/c1-3-27(22-12-11-20-7-4-5-8-21(20)17-22)30-28(32)19-31(24-10-6-9-23(29)18-24)36(33,34)26-15-13-25(35-2)14-16-26/h6,9-18,27H,3-5,7-8,19H2,1-2H3,(H,30,32)/t27-/m1/s1. The van der Waals surface area contributed by atoms with Crippen molar-refractivity contribution >= 4 is 33.2 Å². The molecule has 0 bridgehead atoms. The maximum atomic E-state index is 13.6. The lowest BCUT2D eigenvalue weighted by atomic mass is 9.89. The van der Waals surface area contributed by atoms with Gasteiger partial charge in [0.1, 0.15) is 12.3 Å². The van der Waals surface area contributed by atoms with E-state index in [1.54, 1.807) is 30.3 Å². The van der Waals surface area contributed by atoms with E-state index >= 15 is 0 Å². The molecule has 1 N–H and O–H groups in total. The highest BCUT2D eigenvalue weighted by molar-refractivity contribution is 7.92. The van der Waals surface area contributed by atoms with Crippen LogP contribution in [0.1, 0.15) is 48.9 Å². The summed E-state index contributed by atoms with van der Waals surface area (Å²) in [6.07, 6.45) is 5.22. The second-order valence-electron chi connectivity index (χ2n) is 8.93. The predicted molar refractivity (Wildman–Crippen MR) is 143 cm³/mol. The number of anilines is 1. The number of carbonyl (C=O) groups is 1. The molecule has 0 unspecified atom stereocenters. The first-order valence-corrected chi connectivity index (χ1v) is 14.0. The largest absolute Gasteiger partial charge is 0.497 e. The van der Waals surface area contributed by atoms with Crippen LogP contribution in [0, 0.1) is 0 Å². The minimum absolute atomic E-state index is 0.0535. The molecule has 0 spiro atoms. The SMILES string of the molecule is CC[C@@H](NC(=O)CN(c1cccc(Cl)c1)S(=O)(=O)c1ccc(OC)cc1)c1ccc2c(c1)CCCC2. The van der Waals surface area contributed by atoms with Gasteiger partial charge in [-0.2, -0.15) is 0 Å². The average Bonchev–Trinajstić information content (AvgIpc) is 2.90. The molecule has 0 aromatic heterocycles. The van der Waals surface area contributed by atoms with E-state index in [1.165, 1.54) is 49.3 Å². The zero-order valence-electron chi connectivity index (χ0n) is 20.5. The van der Waals surface area contributed by atoms with Crippen LogP contribution in [0.2, 0.25) is 5.02 Å². The number of nitrogens with zero attached hydrogens (tertiary/aromatic N) is 1. The average molecular weight is 527 g/mol. The first-order chi connectivity index (χ1) is 17.3. The van der Waals surface area contributed by atoms with Gasteiger partial charge in [0.15, 0.2) is 0 Å². The molecule has 1 aliphatic rings. The number of nitrogens with one attached hydrogen (secondary N) is 1. The van der Waals surface area contributed by atoms with Crippen molar-refractivity contribution < 1.29 is 17.9 Å². The van der Waals surface area contributed by atoms with Crippen LogP contribution < -0.4 is 14.4 Å². The van der Waals surface area contributed by atoms with Gasteiger partial charge in [-0.15, -0.1) is 0 Å². The van der Waals surface area contributed by atoms with E-state index in [4.69, 9.17) is 16.3 Å². The Morgan fingerprint density at radius 1 is 1.03 bits per heavy atom. The fraction of sp³-hybridized carbons (Fsp3) is 0.321. The Labute approximate surface area is 218 Å². The van der Waals surface area contributed by atoms with Gasteiger partial charge in [0.2, 0.25) is 5.91 Å².